The molecule has 0 saturated carbocycles. The Balaban J connectivity index is 2.20. The molecular weight excluding hydrogens is 170 g/mol. The highest BCUT2D eigenvalue weighted by atomic mass is 14.8. The van der Waals surface area contributed by atoms with Crippen LogP contribution >= 0.6 is 0 Å². The summed E-state index contributed by atoms with van der Waals surface area (Å²) in [7, 11) is 0. The molecule has 0 aromatic carbocycles. The Bertz CT molecular complexity index is 151. The molecule has 0 spiro atoms. The minimum absolute atomic E-state index is 0.881. The SMILES string of the molecule is CC1C/C=C\CNCCCCCCC1. The van der Waals surface area contributed by atoms with E-state index in [1.54, 1.807) is 0 Å². The Hall–Kier alpha value is -0.300. The third kappa shape index (κ3) is 6.20. The quantitative estimate of drug-likeness (QED) is 0.583. The molecule has 1 N–H and O–H groups in total. The maximum atomic E-state index is 3.45. The summed E-state index contributed by atoms with van der Waals surface area (Å²) in [5.74, 6) is 0.881. The maximum absolute atomic E-state index is 3.45. The monoisotopic (exact) mass is 195 g/mol. The van der Waals surface area contributed by atoms with E-state index in [0.29, 0.717) is 0 Å². The van der Waals surface area contributed by atoms with Crippen LogP contribution in [0.2, 0.25) is 0 Å². The fourth-order valence-corrected chi connectivity index (χ4v) is 1.99. The van der Waals surface area contributed by atoms with E-state index in [0.717, 1.165) is 12.5 Å². The molecule has 0 aromatic heterocycles. The zero-order chi connectivity index (χ0) is 10.1. The predicted octanol–water partition coefficient (Wildman–Crippen LogP) is 3.51. The Morgan fingerprint density at radius 3 is 2.71 bits per heavy atom. The summed E-state index contributed by atoms with van der Waals surface area (Å²) in [6.07, 6.45) is 14.4. The smallest absolute Gasteiger partial charge is 0.0134 e. The number of hydrogen-bond acceptors (Lipinski definition) is 1. The molecule has 1 heteroatoms. The summed E-state index contributed by atoms with van der Waals surface area (Å²) in [6.45, 7) is 4.63. The summed E-state index contributed by atoms with van der Waals surface area (Å²) in [4.78, 5) is 0. The number of rotatable bonds is 0. The molecule has 0 aromatic rings. The van der Waals surface area contributed by atoms with Gasteiger partial charge in [0.15, 0.2) is 0 Å². The molecule has 0 bridgehead atoms. The lowest BCUT2D eigenvalue weighted by Gasteiger charge is -2.07. The second kappa shape index (κ2) is 8.05. The minimum atomic E-state index is 0.881. The second-order valence-electron chi connectivity index (χ2n) is 4.57. The topological polar surface area (TPSA) is 12.0 Å². The van der Waals surface area contributed by atoms with Crippen LogP contribution in [0.5, 0.6) is 0 Å². The van der Waals surface area contributed by atoms with Crippen molar-refractivity contribution in [2.75, 3.05) is 13.1 Å². The van der Waals surface area contributed by atoms with Gasteiger partial charge in [-0.25, -0.2) is 0 Å². The van der Waals surface area contributed by atoms with Gasteiger partial charge in [-0.05, 0) is 25.3 Å². The van der Waals surface area contributed by atoms with E-state index in [1.807, 2.05) is 0 Å². The molecule has 14 heavy (non-hydrogen) atoms. The Morgan fingerprint density at radius 1 is 1.00 bits per heavy atom. The van der Waals surface area contributed by atoms with E-state index >= 15 is 0 Å². The summed E-state index contributed by atoms with van der Waals surface area (Å²) in [5.41, 5.74) is 0. The fraction of sp³-hybridized carbons (Fsp3) is 0.846. The van der Waals surface area contributed by atoms with Crippen molar-refractivity contribution in [3.8, 4) is 0 Å². The molecule has 1 nitrogen and oxygen atoms in total. The second-order valence-corrected chi connectivity index (χ2v) is 4.57. The number of nitrogens with one attached hydrogen (secondary N) is 1. The van der Waals surface area contributed by atoms with E-state index in [9.17, 15) is 0 Å². The van der Waals surface area contributed by atoms with Gasteiger partial charge in [0.2, 0.25) is 0 Å². The van der Waals surface area contributed by atoms with Crippen LogP contribution in [0, 0.1) is 5.92 Å². The average Bonchev–Trinajstić information content (AvgIpc) is 2.20. The van der Waals surface area contributed by atoms with Crippen molar-refractivity contribution in [3.05, 3.63) is 12.2 Å². The van der Waals surface area contributed by atoms with E-state index < -0.39 is 0 Å². The van der Waals surface area contributed by atoms with Gasteiger partial charge in [0.25, 0.3) is 0 Å². The molecule has 0 fully saturated rings. The van der Waals surface area contributed by atoms with Gasteiger partial charge >= 0.3 is 0 Å². The highest BCUT2D eigenvalue weighted by Crippen LogP contribution is 2.14. The molecule has 82 valence electrons. The fourth-order valence-electron chi connectivity index (χ4n) is 1.99. The number of hydrogen-bond donors (Lipinski definition) is 1. The molecule has 1 aliphatic rings. The summed E-state index contributed by atoms with van der Waals surface area (Å²) in [6, 6.07) is 0. The first kappa shape index (κ1) is 11.8. The number of allylic oxidation sites excluding steroid dienone is 1. The van der Waals surface area contributed by atoms with Crippen molar-refractivity contribution < 1.29 is 0 Å². The lowest BCUT2D eigenvalue weighted by molar-refractivity contribution is 0.488. The highest BCUT2D eigenvalue weighted by molar-refractivity contribution is 4.85. The van der Waals surface area contributed by atoms with Crippen molar-refractivity contribution in [2.24, 2.45) is 5.92 Å². The first-order chi connectivity index (χ1) is 6.89. The van der Waals surface area contributed by atoms with Gasteiger partial charge in [-0.3, -0.25) is 0 Å². The van der Waals surface area contributed by atoms with Crippen molar-refractivity contribution >= 4 is 0 Å². The first-order valence-corrected chi connectivity index (χ1v) is 6.25. The van der Waals surface area contributed by atoms with E-state index in [1.165, 1.54) is 51.5 Å². The zero-order valence-electron chi connectivity index (χ0n) is 9.60. The molecule has 0 radical (unpaired) electrons. The maximum Gasteiger partial charge on any atom is 0.0134 e. The summed E-state index contributed by atoms with van der Waals surface area (Å²) < 4.78 is 0. The lowest BCUT2D eigenvalue weighted by Crippen LogP contribution is -2.14. The van der Waals surface area contributed by atoms with Crippen LogP contribution in [0.25, 0.3) is 0 Å². The van der Waals surface area contributed by atoms with Gasteiger partial charge in [-0.1, -0.05) is 51.2 Å². The Labute approximate surface area is 89.0 Å². The van der Waals surface area contributed by atoms with Crippen LogP contribution < -0.4 is 5.32 Å². The Kier molecular flexibility index (Phi) is 6.77. The molecule has 1 heterocycles. The Morgan fingerprint density at radius 2 is 1.79 bits per heavy atom. The first-order valence-electron chi connectivity index (χ1n) is 6.25. The highest BCUT2D eigenvalue weighted by Gasteiger charge is 2.00. The van der Waals surface area contributed by atoms with Gasteiger partial charge in [0.05, 0.1) is 0 Å². The molecule has 0 aliphatic carbocycles. The van der Waals surface area contributed by atoms with Crippen LogP contribution in [0.3, 0.4) is 0 Å². The van der Waals surface area contributed by atoms with E-state index in [2.05, 4.69) is 24.4 Å². The summed E-state index contributed by atoms with van der Waals surface area (Å²) in [5, 5.41) is 3.45. The van der Waals surface area contributed by atoms with Gasteiger partial charge in [-0.2, -0.15) is 0 Å². The van der Waals surface area contributed by atoms with Crippen LogP contribution in [0.15, 0.2) is 12.2 Å². The van der Waals surface area contributed by atoms with Crippen molar-refractivity contribution in [2.45, 2.75) is 51.9 Å². The normalized spacial score (nSPS) is 29.6. The predicted molar refractivity (Wildman–Crippen MR) is 63.5 cm³/mol. The summed E-state index contributed by atoms with van der Waals surface area (Å²) >= 11 is 0. The molecule has 1 atom stereocenters. The average molecular weight is 195 g/mol. The third-order valence-electron chi connectivity index (χ3n) is 3.02. The molecule has 1 aliphatic heterocycles. The molecule has 0 saturated heterocycles. The van der Waals surface area contributed by atoms with Crippen LogP contribution in [0.1, 0.15) is 51.9 Å². The lowest BCUT2D eigenvalue weighted by atomic mass is 9.99. The molecule has 1 rings (SSSR count). The minimum Gasteiger partial charge on any atom is -0.313 e. The molecular formula is C13H25N. The van der Waals surface area contributed by atoms with Crippen molar-refractivity contribution in [3.63, 3.8) is 0 Å². The van der Waals surface area contributed by atoms with Crippen molar-refractivity contribution in [1.82, 2.24) is 5.32 Å². The largest absolute Gasteiger partial charge is 0.313 e. The standard InChI is InChI=1S/C13H25N/c1-13-9-5-3-2-4-7-11-14-12-8-6-10-13/h6,8,13-14H,2-5,7,9-12H2,1H3/b8-6-. The van der Waals surface area contributed by atoms with Crippen molar-refractivity contribution in [1.29, 1.82) is 0 Å². The van der Waals surface area contributed by atoms with Gasteiger partial charge in [0.1, 0.15) is 0 Å². The van der Waals surface area contributed by atoms with Crippen LogP contribution in [0.4, 0.5) is 0 Å². The van der Waals surface area contributed by atoms with Crippen LogP contribution in [-0.2, 0) is 0 Å². The molecule has 1 unspecified atom stereocenters. The van der Waals surface area contributed by atoms with E-state index in [4.69, 9.17) is 0 Å². The zero-order valence-corrected chi connectivity index (χ0v) is 9.60. The third-order valence-corrected chi connectivity index (χ3v) is 3.02. The van der Waals surface area contributed by atoms with Crippen LogP contribution in [-0.4, -0.2) is 13.1 Å². The molecule has 0 amide bonds. The van der Waals surface area contributed by atoms with Gasteiger partial charge in [0, 0.05) is 6.54 Å². The van der Waals surface area contributed by atoms with E-state index in [-0.39, 0.29) is 0 Å². The van der Waals surface area contributed by atoms with Gasteiger partial charge in [-0.15, -0.1) is 0 Å². The van der Waals surface area contributed by atoms with Gasteiger partial charge < -0.3 is 5.32 Å².